The summed E-state index contributed by atoms with van der Waals surface area (Å²) in [6, 6.07) is 16.6. The Hall–Kier alpha value is -3.62. The second kappa shape index (κ2) is 8.38. The Balaban J connectivity index is 1.74. The van der Waals surface area contributed by atoms with E-state index in [0.29, 0.717) is 17.2 Å². The van der Waals surface area contributed by atoms with Crippen LogP contribution in [-0.2, 0) is 11.3 Å². The average Bonchev–Trinajstić information content (AvgIpc) is 3.19. The number of anilines is 2. The van der Waals surface area contributed by atoms with Crippen molar-refractivity contribution in [3.8, 4) is 11.5 Å². The van der Waals surface area contributed by atoms with E-state index in [0.717, 1.165) is 38.4 Å². The van der Waals surface area contributed by atoms with Crippen molar-refractivity contribution in [2.75, 3.05) is 24.4 Å². The number of methoxy groups -OCH3 is 2. The molecule has 0 spiro atoms. The largest absolute Gasteiger partial charge is 0.504 e. The number of aryl methyl sites for hydroxylation is 1. The van der Waals surface area contributed by atoms with Crippen LogP contribution in [0.5, 0.6) is 11.5 Å². The van der Waals surface area contributed by atoms with E-state index in [1.54, 1.807) is 30.2 Å². The van der Waals surface area contributed by atoms with Crippen LogP contribution >= 0.6 is 11.3 Å². The highest BCUT2D eigenvalue weighted by molar-refractivity contribution is 7.21. The Labute approximate surface area is 195 Å². The minimum Gasteiger partial charge on any atom is -0.504 e. The summed E-state index contributed by atoms with van der Waals surface area (Å²) in [4.78, 5) is 21.7. The minimum absolute atomic E-state index is 0.0402. The number of phenols is 1. The highest BCUT2D eigenvalue weighted by Gasteiger charge is 2.38. The maximum absolute atomic E-state index is 13.9. The second-order valence-corrected chi connectivity index (χ2v) is 8.83. The maximum Gasteiger partial charge on any atom is 0.272 e. The molecule has 2 aromatic carbocycles. The Morgan fingerprint density at radius 3 is 2.67 bits per heavy atom. The topological polar surface area (TPSA) is 83.9 Å². The molecule has 0 aliphatic carbocycles. The number of thiophene rings is 1. The minimum atomic E-state index is -0.517. The zero-order valence-electron chi connectivity index (χ0n) is 18.5. The number of amides is 1. The van der Waals surface area contributed by atoms with Crippen molar-refractivity contribution in [3.05, 3.63) is 76.3 Å². The number of hydrogen-bond acceptors (Lipinski definition) is 7. The van der Waals surface area contributed by atoms with E-state index < -0.39 is 6.17 Å². The number of carbonyl (C=O) groups is 1. The number of phenolic OH excluding ortho intramolecular Hbond substituents is 1. The first-order valence-corrected chi connectivity index (χ1v) is 11.3. The molecule has 0 unspecified atom stereocenters. The molecule has 0 saturated carbocycles. The number of aromatic nitrogens is 1. The number of hydrogen-bond donors (Lipinski definition) is 2. The van der Waals surface area contributed by atoms with E-state index in [1.807, 2.05) is 43.3 Å². The summed E-state index contributed by atoms with van der Waals surface area (Å²) >= 11 is 1.38. The van der Waals surface area contributed by atoms with E-state index in [2.05, 4.69) is 5.32 Å². The van der Waals surface area contributed by atoms with Crippen molar-refractivity contribution in [3.63, 3.8) is 0 Å². The number of fused-ring (bicyclic) bond motifs is 3. The molecule has 0 bridgehead atoms. The third kappa shape index (κ3) is 3.57. The lowest BCUT2D eigenvalue weighted by atomic mass is 10.0. The fourth-order valence-corrected chi connectivity index (χ4v) is 5.42. The summed E-state index contributed by atoms with van der Waals surface area (Å²) in [5, 5.41) is 14.6. The summed E-state index contributed by atoms with van der Waals surface area (Å²) in [6.07, 6.45) is -0.517. The predicted molar refractivity (Wildman–Crippen MR) is 129 cm³/mol. The van der Waals surface area contributed by atoms with Gasteiger partial charge in [0.2, 0.25) is 0 Å². The van der Waals surface area contributed by atoms with Gasteiger partial charge in [-0.15, -0.1) is 11.3 Å². The molecule has 1 aliphatic heterocycles. The van der Waals surface area contributed by atoms with Gasteiger partial charge >= 0.3 is 0 Å². The lowest BCUT2D eigenvalue weighted by Crippen LogP contribution is -2.42. The van der Waals surface area contributed by atoms with Gasteiger partial charge in [-0.2, -0.15) is 0 Å². The summed E-state index contributed by atoms with van der Waals surface area (Å²) in [6.45, 7) is 2.35. The molecule has 2 N–H and O–H groups in total. The lowest BCUT2D eigenvalue weighted by molar-refractivity contribution is 0.0979. The molecule has 4 aromatic rings. The highest BCUT2D eigenvalue weighted by atomic mass is 32.1. The van der Waals surface area contributed by atoms with Crippen molar-refractivity contribution < 1.29 is 19.4 Å². The van der Waals surface area contributed by atoms with Gasteiger partial charge in [-0.3, -0.25) is 9.69 Å². The number of carbonyl (C=O) groups excluding carboxylic acids is 1. The number of nitrogens with one attached hydrogen (secondary N) is 1. The molecule has 1 aliphatic rings. The molecule has 0 radical (unpaired) electrons. The van der Waals surface area contributed by atoms with Crippen LogP contribution in [0.2, 0.25) is 0 Å². The van der Waals surface area contributed by atoms with Crippen LogP contribution in [-0.4, -0.2) is 30.2 Å². The van der Waals surface area contributed by atoms with Crippen molar-refractivity contribution in [2.45, 2.75) is 19.7 Å². The van der Waals surface area contributed by atoms with Crippen LogP contribution < -0.4 is 15.0 Å². The van der Waals surface area contributed by atoms with Crippen molar-refractivity contribution in [1.82, 2.24) is 4.98 Å². The Morgan fingerprint density at radius 2 is 1.94 bits per heavy atom. The third-order valence-electron chi connectivity index (χ3n) is 5.68. The SMILES string of the molecule is COCc1cc(C)nc2sc3c(c12)N[C@@H](c1ccc(O)c(OC)c1)N(c1ccccc1)C3=O. The molecule has 1 atom stereocenters. The lowest BCUT2D eigenvalue weighted by Gasteiger charge is -2.37. The van der Waals surface area contributed by atoms with Crippen molar-refractivity contribution in [1.29, 1.82) is 0 Å². The number of ether oxygens (including phenoxy) is 2. The molecule has 8 heteroatoms. The Morgan fingerprint density at radius 1 is 1.15 bits per heavy atom. The zero-order valence-corrected chi connectivity index (χ0v) is 19.3. The van der Waals surface area contributed by atoms with E-state index in [1.165, 1.54) is 18.4 Å². The monoisotopic (exact) mass is 461 g/mol. The molecule has 3 heterocycles. The predicted octanol–water partition coefficient (Wildman–Crippen LogP) is 5.24. The highest BCUT2D eigenvalue weighted by Crippen LogP contribution is 2.46. The smallest absolute Gasteiger partial charge is 0.272 e. The summed E-state index contributed by atoms with van der Waals surface area (Å²) in [5.74, 6) is 0.266. The van der Waals surface area contributed by atoms with Gasteiger partial charge < -0.3 is 19.9 Å². The van der Waals surface area contributed by atoms with Gasteiger partial charge in [-0.1, -0.05) is 24.3 Å². The number of nitrogens with zero attached hydrogens (tertiary/aromatic N) is 2. The van der Waals surface area contributed by atoms with Gasteiger partial charge in [-0.05, 0) is 48.4 Å². The van der Waals surface area contributed by atoms with Crippen LogP contribution in [0.25, 0.3) is 10.2 Å². The number of rotatable bonds is 5. The zero-order chi connectivity index (χ0) is 23.1. The first-order valence-electron chi connectivity index (χ1n) is 10.5. The standard InChI is InChI=1S/C25H23N3O4S/c1-14-11-16(13-31-2)20-21-22(33-24(20)26-14)25(30)28(17-7-5-4-6-8-17)23(27-21)15-9-10-18(29)19(12-15)32-3/h4-12,23,27,29H,13H2,1-3H3/t23-/m1/s1. The average molecular weight is 462 g/mol. The van der Waals surface area contributed by atoms with Crippen LogP contribution in [0, 0.1) is 6.92 Å². The molecule has 0 fully saturated rings. The number of para-hydroxylation sites is 1. The van der Waals surface area contributed by atoms with Crippen LogP contribution in [0.4, 0.5) is 11.4 Å². The first-order chi connectivity index (χ1) is 16.0. The third-order valence-corrected chi connectivity index (χ3v) is 6.75. The van der Waals surface area contributed by atoms with Crippen LogP contribution in [0.1, 0.15) is 32.7 Å². The van der Waals surface area contributed by atoms with Crippen LogP contribution in [0.15, 0.2) is 54.6 Å². The maximum atomic E-state index is 13.9. The quantitative estimate of drug-likeness (QED) is 0.423. The Bertz CT molecular complexity index is 1350. The van der Waals surface area contributed by atoms with Crippen molar-refractivity contribution >= 4 is 38.8 Å². The molecule has 33 heavy (non-hydrogen) atoms. The number of aromatic hydroxyl groups is 1. The number of benzene rings is 2. The summed E-state index contributed by atoms with van der Waals surface area (Å²) < 4.78 is 10.8. The van der Waals surface area contributed by atoms with Gasteiger partial charge in [-0.25, -0.2) is 4.98 Å². The van der Waals surface area contributed by atoms with Gasteiger partial charge in [0.25, 0.3) is 5.91 Å². The molecule has 7 nitrogen and oxygen atoms in total. The van der Waals surface area contributed by atoms with Crippen LogP contribution in [0.3, 0.4) is 0 Å². The van der Waals surface area contributed by atoms with Gasteiger partial charge in [0.1, 0.15) is 15.9 Å². The fourth-order valence-electron chi connectivity index (χ4n) is 4.25. The van der Waals surface area contributed by atoms with Gasteiger partial charge in [0, 0.05) is 23.9 Å². The molecule has 0 saturated heterocycles. The fraction of sp³-hybridized carbons (Fsp3) is 0.200. The normalized spacial score (nSPS) is 15.4. The number of pyridine rings is 1. The van der Waals surface area contributed by atoms with E-state index in [4.69, 9.17) is 14.5 Å². The van der Waals surface area contributed by atoms with E-state index in [-0.39, 0.29) is 11.7 Å². The van der Waals surface area contributed by atoms with Gasteiger partial charge in [0.15, 0.2) is 11.5 Å². The summed E-state index contributed by atoms with van der Waals surface area (Å²) in [5.41, 5.74) is 4.15. The molecular formula is C25H23N3O4S. The van der Waals surface area contributed by atoms with E-state index >= 15 is 0 Å². The second-order valence-electron chi connectivity index (χ2n) is 7.83. The van der Waals surface area contributed by atoms with Crippen molar-refractivity contribution in [2.24, 2.45) is 0 Å². The molecule has 5 rings (SSSR count). The molecule has 168 valence electrons. The van der Waals surface area contributed by atoms with Gasteiger partial charge in [0.05, 0.1) is 19.4 Å². The summed E-state index contributed by atoms with van der Waals surface area (Å²) in [7, 11) is 3.16. The Kier molecular flexibility index (Phi) is 5.39. The first kappa shape index (κ1) is 21.2. The molecule has 1 amide bonds. The molecular weight excluding hydrogens is 438 g/mol. The van der Waals surface area contributed by atoms with E-state index in [9.17, 15) is 9.90 Å². The molecule has 2 aromatic heterocycles.